The third-order valence-electron chi connectivity index (χ3n) is 3.64. The summed E-state index contributed by atoms with van der Waals surface area (Å²) in [5, 5.41) is 3.43. The number of ether oxygens (including phenoxy) is 1. The molecule has 2 atom stereocenters. The Morgan fingerprint density at radius 2 is 2.07 bits per heavy atom. The Balaban J connectivity index is 2.39. The molecule has 1 saturated heterocycles. The highest BCUT2D eigenvalue weighted by Crippen LogP contribution is 2.25. The normalized spacial score (nSPS) is 28.3. The molecule has 1 aliphatic heterocycles. The Labute approximate surface area is 88.4 Å². The molecule has 1 fully saturated rings. The summed E-state index contributed by atoms with van der Waals surface area (Å²) < 4.78 is 5.56. The molecular formula is C12H25NO. The van der Waals surface area contributed by atoms with Gasteiger partial charge in [0, 0.05) is 12.6 Å². The maximum absolute atomic E-state index is 5.56. The van der Waals surface area contributed by atoms with Gasteiger partial charge in [-0.15, -0.1) is 0 Å². The van der Waals surface area contributed by atoms with E-state index in [0.29, 0.717) is 6.04 Å². The molecule has 0 aromatic heterocycles. The summed E-state index contributed by atoms with van der Waals surface area (Å²) in [5.41, 5.74) is 0. The Kier molecular flexibility index (Phi) is 5.49. The molecule has 0 spiro atoms. The second kappa shape index (κ2) is 6.41. The van der Waals surface area contributed by atoms with Crippen molar-refractivity contribution in [2.75, 3.05) is 20.3 Å². The van der Waals surface area contributed by atoms with Crippen LogP contribution in [-0.4, -0.2) is 26.3 Å². The van der Waals surface area contributed by atoms with Crippen LogP contribution >= 0.6 is 0 Å². The van der Waals surface area contributed by atoms with Crippen LogP contribution in [0.1, 0.15) is 39.5 Å². The summed E-state index contributed by atoms with van der Waals surface area (Å²) in [6.45, 7) is 6.49. The molecule has 0 aromatic carbocycles. The van der Waals surface area contributed by atoms with Crippen LogP contribution in [0.5, 0.6) is 0 Å². The lowest BCUT2D eigenvalue weighted by atomic mass is 9.84. The van der Waals surface area contributed by atoms with Gasteiger partial charge in [0.15, 0.2) is 0 Å². The summed E-state index contributed by atoms with van der Waals surface area (Å²) in [6, 6.07) is 0.685. The predicted octanol–water partition coefficient (Wildman–Crippen LogP) is 2.44. The van der Waals surface area contributed by atoms with Crippen LogP contribution in [0.4, 0.5) is 0 Å². The van der Waals surface area contributed by atoms with Crippen molar-refractivity contribution in [2.45, 2.75) is 45.6 Å². The molecular weight excluding hydrogens is 174 g/mol. The van der Waals surface area contributed by atoms with Crippen LogP contribution in [-0.2, 0) is 4.74 Å². The maximum atomic E-state index is 5.56. The summed E-state index contributed by atoms with van der Waals surface area (Å²) in [7, 11) is 2.08. The van der Waals surface area contributed by atoms with Crippen molar-refractivity contribution >= 4 is 0 Å². The zero-order chi connectivity index (χ0) is 10.4. The lowest BCUT2D eigenvalue weighted by molar-refractivity contribution is 0.0237. The third-order valence-corrected chi connectivity index (χ3v) is 3.64. The van der Waals surface area contributed by atoms with Crippen LogP contribution in [0.2, 0.25) is 0 Å². The minimum atomic E-state index is 0.685. The van der Waals surface area contributed by atoms with Crippen molar-refractivity contribution in [1.29, 1.82) is 0 Å². The summed E-state index contributed by atoms with van der Waals surface area (Å²) in [6.07, 6.45) is 5.13. The predicted molar refractivity (Wildman–Crippen MR) is 60.5 cm³/mol. The van der Waals surface area contributed by atoms with Gasteiger partial charge in [-0.1, -0.05) is 26.7 Å². The highest BCUT2D eigenvalue weighted by molar-refractivity contribution is 4.80. The van der Waals surface area contributed by atoms with Crippen molar-refractivity contribution in [3.8, 4) is 0 Å². The van der Waals surface area contributed by atoms with Crippen molar-refractivity contribution < 1.29 is 4.74 Å². The summed E-state index contributed by atoms with van der Waals surface area (Å²) in [5.74, 6) is 1.62. The second-order valence-corrected chi connectivity index (χ2v) is 4.44. The fourth-order valence-corrected chi connectivity index (χ4v) is 2.46. The molecule has 14 heavy (non-hydrogen) atoms. The quantitative estimate of drug-likeness (QED) is 0.734. The van der Waals surface area contributed by atoms with Gasteiger partial charge in [0.25, 0.3) is 0 Å². The van der Waals surface area contributed by atoms with E-state index in [0.717, 1.165) is 25.0 Å². The standard InChI is InChI=1S/C12H25NO/c1-4-10(5-2)8-11-9-14-7-6-12(11)13-3/h10-13H,4-9H2,1-3H3. The molecule has 2 unspecified atom stereocenters. The summed E-state index contributed by atoms with van der Waals surface area (Å²) in [4.78, 5) is 0. The second-order valence-electron chi connectivity index (χ2n) is 4.44. The van der Waals surface area contributed by atoms with Gasteiger partial charge in [0.2, 0.25) is 0 Å². The molecule has 1 N–H and O–H groups in total. The lowest BCUT2D eigenvalue weighted by Crippen LogP contribution is -2.41. The Morgan fingerprint density at radius 3 is 2.64 bits per heavy atom. The molecule has 0 saturated carbocycles. The number of hydrogen-bond acceptors (Lipinski definition) is 2. The molecule has 1 heterocycles. The van der Waals surface area contributed by atoms with E-state index in [9.17, 15) is 0 Å². The molecule has 1 aliphatic rings. The van der Waals surface area contributed by atoms with Gasteiger partial charge in [-0.05, 0) is 31.7 Å². The van der Waals surface area contributed by atoms with E-state index in [-0.39, 0.29) is 0 Å². The number of nitrogens with one attached hydrogen (secondary N) is 1. The van der Waals surface area contributed by atoms with E-state index in [2.05, 4.69) is 26.2 Å². The van der Waals surface area contributed by atoms with Crippen LogP contribution in [0.3, 0.4) is 0 Å². The summed E-state index contributed by atoms with van der Waals surface area (Å²) >= 11 is 0. The smallest absolute Gasteiger partial charge is 0.0509 e. The molecule has 84 valence electrons. The minimum absolute atomic E-state index is 0.685. The fourth-order valence-electron chi connectivity index (χ4n) is 2.46. The van der Waals surface area contributed by atoms with Crippen molar-refractivity contribution in [1.82, 2.24) is 5.32 Å². The molecule has 0 amide bonds. The van der Waals surface area contributed by atoms with Gasteiger partial charge < -0.3 is 10.1 Å². The molecule has 0 aromatic rings. The molecule has 0 aliphatic carbocycles. The van der Waals surface area contributed by atoms with Gasteiger partial charge in [0.1, 0.15) is 0 Å². The molecule has 0 bridgehead atoms. The first-order valence-corrected chi connectivity index (χ1v) is 6.06. The van der Waals surface area contributed by atoms with Crippen molar-refractivity contribution in [3.63, 3.8) is 0 Å². The highest BCUT2D eigenvalue weighted by Gasteiger charge is 2.25. The van der Waals surface area contributed by atoms with Gasteiger partial charge in [0.05, 0.1) is 6.61 Å². The zero-order valence-corrected chi connectivity index (χ0v) is 9.88. The SMILES string of the molecule is CCC(CC)CC1COCCC1NC. The topological polar surface area (TPSA) is 21.3 Å². The first-order valence-electron chi connectivity index (χ1n) is 6.06. The first-order chi connectivity index (χ1) is 6.81. The van der Waals surface area contributed by atoms with Crippen molar-refractivity contribution in [2.24, 2.45) is 11.8 Å². The van der Waals surface area contributed by atoms with Crippen molar-refractivity contribution in [3.05, 3.63) is 0 Å². The van der Waals surface area contributed by atoms with Gasteiger partial charge in [-0.2, -0.15) is 0 Å². The van der Waals surface area contributed by atoms with Gasteiger partial charge in [-0.25, -0.2) is 0 Å². The number of rotatable bonds is 5. The molecule has 2 heteroatoms. The monoisotopic (exact) mass is 199 g/mol. The van der Waals surface area contributed by atoms with Crippen LogP contribution in [0.15, 0.2) is 0 Å². The van der Waals surface area contributed by atoms with E-state index < -0.39 is 0 Å². The first kappa shape index (κ1) is 12.0. The molecule has 2 nitrogen and oxygen atoms in total. The van der Waals surface area contributed by atoms with E-state index in [1.807, 2.05) is 0 Å². The molecule has 1 rings (SSSR count). The average molecular weight is 199 g/mol. The van der Waals surface area contributed by atoms with E-state index in [4.69, 9.17) is 4.74 Å². The minimum Gasteiger partial charge on any atom is -0.381 e. The van der Waals surface area contributed by atoms with Gasteiger partial charge >= 0.3 is 0 Å². The van der Waals surface area contributed by atoms with Crippen LogP contribution < -0.4 is 5.32 Å². The van der Waals surface area contributed by atoms with Crippen LogP contribution in [0, 0.1) is 11.8 Å². The highest BCUT2D eigenvalue weighted by atomic mass is 16.5. The third kappa shape index (κ3) is 3.25. The Morgan fingerprint density at radius 1 is 1.36 bits per heavy atom. The van der Waals surface area contributed by atoms with E-state index in [1.165, 1.54) is 25.7 Å². The average Bonchev–Trinajstić information content (AvgIpc) is 2.26. The zero-order valence-electron chi connectivity index (χ0n) is 9.88. The van der Waals surface area contributed by atoms with E-state index in [1.54, 1.807) is 0 Å². The Bertz CT molecular complexity index is 145. The Hall–Kier alpha value is -0.0800. The van der Waals surface area contributed by atoms with Gasteiger partial charge in [-0.3, -0.25) is 0 Å². The lowest BCUT2D eigenvalue weighted by Gasteiger charge is -2.33. The van der Waals surface area contributed by atoms with E-state index >= 15 is 0 Å². The largest absolute Gasteiger partial charge is 0.381 e. The van der Waals surface area contributed by atoms with Crippen LogP contribution in [0.25, 0.3) is 0 Å². The fraction of sp³-hybridized carbons (Fsp3) is 1.00. The number of hydrogen-bond donors (Lipinski definition) is 1. The maximum Gasteiger partial charge on any atom is 0.0509 e. The molecule has 0 radical (unpaired) electrons.